The zero-order valence-corrected chi connectivity index (χ0v) is 15.7. The van der Waals surface area contributed by atoms with Gasteiger partial charge in [0.25, 0.3) is 15.9 Å². The number of hydrogen-bond donors (Lipinski definition) is 2. The highest BCUT2D eigenvalue weighted by atomic mass is 32.2. The lowest BCUT2D eigenvalue weighted by Crippen LogP contribution is -2.15. The molecule has 0 radical (unpaired) electrons. The minimum absolute atomic E-state index is 0.0583. The number of carbonyl (C=O) groups excluding carboxylic acids is 1. The van der Waals surface area contributed by atoms with Crippen LogP contribution in [0.2, 0.25) is 0 Å². The van der Waals surface area contributed by atoms with Crippen LogP contribution in [0.25, 0.3) is 0 Å². The summed E-state index contributed by atoms with van der Waals surface area (Å²) in [6.07, 6.45) is 0. The Bertz CT molecular complexity index is 1100. The lowest BCUT2D eigenvalue weighted by atomic mass is 10.2. The molecular weight excluding hydrogens is 383 g/mol. The number of hydrogen-bond acceptors (Lipinski definition) is 4. The molecule has 0 aromatic heterocycles. The van der Waals surface area contributed by atoms with Crippen LogP contribution in [0.4, 0.5) is 15.8 Å². The normalized spacial score (nSPS) is 10.9. The third-order valence-corrected chi connectivity index (χ3v) is 5.23. The average molecular weight is 400 g/mol. The van der Waals surface area contributed by atoms with Crippen LogP contribution in [0.1, 0.15) is 10.4 Å². The number of rotatable bonds is 6. The molecule has 6 nitrogen and oxygen atoms in total. The van der Waals surface area contributed by atoms with E-state index in [-0.39, 0.29) is 16.1 Å². The van der Waals surface area contributed by atoms with Crippen LogP contribution < -0.4 is 14.8 Å². The Labute approximate surface area is 162 Å². The van der Waals surface area contributed by atoms with Crippen molar-refractivity contribution in [1.29, 1.82) is 0 Å². The monoisotopic (exact) mass is 400 g/mol. The SMILES string of the molecule is COc1ccc(S(=O)(=O)Nc2cccc(C(=O)Nc3cccc(F)c3)c2)cc1. The molecule has 144 valence electrons. The first kappa shape index (κ1) is 19.4. The molecule has 2 N–H and O–H groups in total. The highest BCUT2D eigenvalue weighted by molar-refractivity contribution is 7.92. The fraction of sp³-hybridized carbons (Fsp3) is 0.0500. The maximum atomic E-state index is 13.2. The van der Waals surface area contributed by atoms with Gasteiger partial charge in [-0.3, -0.25) is 9.52 Å². The van der Waals surface area contributed by atoms with Crippen LogP contribution in [0.3, 0.4) is 0 Å². The molecule has 0 fully saturated rings. The molecule has 0 spiro atoms. The van der Waals surface area contributed by atoms with Gasteiger partial charge in [-0.05, 0) is 60.7 Å². The summed E-state index contributed by atoms with van der Waals surface area (Å²) in [5.74, 6) is -0.426. The smallest absolute Gasteiger partial charge is 0.261 e. The van der Waals surface area contributed by atoms with E-state index in [1.165, 1.54) is 67.8 Å². The Kier molecular flexibility index (Phi) is 5.60. The summed E-state index contributed by atoms with van der Waals surface area (Å²) in [5.41, 5.74) is 0.746. The van der Waals surface area contributed by atoms with E-state index in [1.807, 2.05) is 0 Å². The number of anilines is 2. The van der Waals surface area contributed by atoms with Crippen LogP contribution in [-0.4, -0.2) is 21.4 Å². The summed E-state index contributed by atoms with van der Waals surface area (Å²) in [6, 6.07) is 17.4. The predicted molar refractivity (Wildman–Crippen MR) is 105 cm³/mol. The highest BCUT2D eigenvalue weighted by Crippen LogP contribution is 2.20. The second-order valence-corrected chi connectivity index (χ2v) is 7.51. The van der Waals surface area contributed by atoms with E-state index in [4.69, 9.17) is 4.74 Å². The Hall–Kier alpha value is -3.39. The van der Waals surface area contributed by atoms with Gasteiger partial charge in [-0.25, -0.2) is 12.8 Å². The second kappa shape index (κ2) is 8.10. The molecule has 3 aromatic carbocycles. The fourth-order valence-electron chi connectivity index (χ4n) is 2.46. The topological polar surface area (TPSA) is 84.5 Å². The number of methoxy groups -OCH3 is 1. The molecule has 0 saturated carbocycles. The lowest BCUT2D eigenvalue weighted by Gasteiger charge is -2.10. The van der Waals surface area contributed by atoms with Gasteiger partial charge in [0.2, 0.25) is 0 Å². The van der Waals surface area contributed by atoms with Crippen molar-refractivity contribution in [3.63, 3.8) is 0 Å². The van der Waals surface area contributed by atoms with Gasteiger partial charge in [0.05, 0.1) is 12.0 Å². The number of halogens is 1. The number of amides is 1. The third-order valence-electron chi connectivity index (χ3n) is 3.83. The lowest BCUT2D eigenvalue weighted by molar-refractivity contribution is 0.102. The van der Waals surface area contributed by atoms with Crippen molar-refractivity contribution < 1.29 is 22.3 Å². The minimum Gasteiger partial charge on any atom is -0.497 e. The van der Waals surface area contributed by atoms with E-state index in [2.05, 4.69) is 10.0 Å². The van der Waals surface area contributed by atoms with Crippen molar-refractivity contribution in [2.75, 3.05) is 17.1 Å². The van der Waals surface area contributed by atoms with Crippen LogP contribution in [0.5, 0.6) is 5.75 Å². The first-order chi connectivity index (χ1) is 13.4. The van der Waals surface area contributed by atoms with Gasteiger partial charge < -0.3 is 10.1 Å². The molecule has 3 rings (SSSR count). The number of ether oxygens (including phenoxy) is 1. The summed E-state index contributed by atoms with van der Waals surface area (Å²) in [7, 11) is -2.34. The standard InChI is InChI=1S/C20H17FN2O4S/c1-27-18-8-10-19(11-9-18)28(25,26)23-17-7-2-4-14(12-17)20(24)22-16-6-3-5-15(21)13-16/h2-13,23H,1H3,(H,22,24). The van der Waals surface area contributed by atoms with E-state index in [9.17, 15) is 17.6 Å². The third kappa shape index (κ3) is 4.66. The summed E-state index contributed by atoms with van der Waals surface area (Å²) in [4.78, 5) is 12.4. The van der Waals surface area contributed by atoms with Crippen molar-refractivity contribution in [3.05, 3.63) is 84.2 Å². The second-order valence-electron chi connectivity index (χ2n) is 5.83. The number of carbonyl (C=O) groups is 1. The maximum absolute atomic E-state index is 13.2. The fourth-order valence-corrected chi connectivity index (χ4v) is 3.51. The molecule has 1 amide bonds. The molecule has 0 heterocycles. The van der Waals surface area contributed by atoms with Crippen LogP contribution in [-0.2, 0) is 10.0 Å². The van der Waals surface area contributed by atoms with Crippen molar-refractivity contribution in [2.45, 2.75) is 4.90 Å². The Morgan fingerprint density at radius 3 is 2.29 bits per heavy atom. The first-order valence-corrected chi connectivity index (χ1v) is 9.69. The molecule has 8 heteroatoms. The van der Waals surface area contributed by atoms with Gasteiger partial charge in [0, 0.05) is 16.9 Å². The van der Waals surface area contributed by atoms with E-state index in [0.717, 1.165) is 0 Å². The van der Waals surface area contributed by atoms with Gasteiger partial charge in [0.15, 0.2) is 0 Å². The first-order valence-electron chi connectivity index (χ1n) is 8.21. The number of benzene rings is 3. The molecule has 0 unspecified atom stereocenters. The summed E-state index contributed by atoms with van der Waals surface area (Å²) < 4.78 is 45.7. The summed E-state index contributed by atoms with van der Waals surface area (Å²) in [6.45, 7) is 0. The zero-order valence-electron chi connectivity index (χ0n) is 14.8. The summed E-state index contributed by atoms with van der Waals surface area (Å²) >= 11 is 0. The minimum atomic E-state index is -3.83. The molecule has 0 atom stereocenters. The highest BCUT2D eigenvalue weighted by Gasteiger charge is 2.15. The number of sulfonamides is 1. The van der Waals surface area contributed by atoms with Gasteiger partial charge in [-0.1, -0.05) is 12.1 Å². The van der Waals surface area contributed by atoms with Crippen LogP contribution >= 0.6 is 0 Å². The molecular formula is C20H17FN2O4S. The Balaban J connectivity index is 1.77. The molecule has 28 heavy (non-hydrogen) atoms. The molecule has 0 bridgehead atoms. The van der Waals surface area contributed by atoms with Gasteiger partial charge in [-0.15, -0.1) is 0 Å². The quantitative estimate of drug-likeness (QED) is 0.658. The predicted octanol–water partition coefficient (Wildman–Crippen LogP) is 3.89. The maximum Gasteiger partial charge on any atom is 0.261 e. The Morgan fingerprint density at radius 1 is 0.929 bits per heavy atom. The van der Waals surface area contributed by atoms with E-state index >= 15 is 0 Å². The van der Waals surface area contributed by atoms with Gasteiger partial charge >= 0.3 is 0 Å². The number of nitrogens with one attached hydrogen (secondary N) is 2. The summed E-state index contributed by atoms with van der Waals surface area (Å²) in [5, 5.41) is 2.56. The van der Waals surface area contributed by atoms with Gasteiger partial charge in [-0.2, -0.15) is 0 Å². The zero-order chi connectivity index (χ0) is 20.1. The Morgan fingerprint density at radius 2 is 1.61 bits per heavy atom. The van der Waals surface area contributed by atoms with E-state index in [1.54, 1.807) is 12.1 Å². The molecule has 0 aliphatic heterocycles. The van der Waals surface area contributed by atoms with E-state index in [0.29, 0.717) is 11.4 Å². The molecule has 0 aliphatic rings. The van der Waals surface area contributed by atoms with E-state index < -0.39 is 21.7 Å². The van der Waals surface area contributed by atoms with Crippen molar-refractivity contribution in [2.24, 2.45) is 0 Å². The molecule has 3 aromatic rings. The van der Waals surface area contributed by atoms with Crippen molar-refractivity contribution >= 4 is 27.3 Å². The van der Waals surface area contributed by atoms with Gasteiger partial charge in [0.1, 0.15) is 11.6 Å². The largest absolute Gasteiger partial charge is 0.497 e. The molecule has 0 aliphatic carbocycles. The van der Waals surface area contributed by atoms with Crippen LogP contribution in [0.15, 0.2) is 77.7 Å². The average Bonchev–Trinajstić information content (AvgIpc) is 2.68. The van der Waals surface area contributed by atoms with Crippen LogP contribution in [0, 0.1) is 5.82 Å². The van der Waals surface area contributed by atoms with Crippen molar-refractivity contribution in [3.8, 4) is 5.75 Å². The molecule has 0 saturated heterocycles. The van der Waals surface area contributed by atoms with Crippen molar-refractivity contribution in [1.82, 2.24) is 0 Å².